The van der Waals surface area contributed by atoms with Gasteiger partial charge in [-0.15, -0.1) is 0 Å². The van der Waals surface area contributed by atoms with Crippen LogP contribution in [0.15, 0.2) is 40.6 Å². The molecular formula is C17H17F2N5O2. The number of rotatable bonds is 2. The van der Waals surface area contributed by atoms with Gasteiger partial charge in [-0.2, -0.15) is 5.10 Å². The minimum atomic E-state index is -1.16. The van der Waals surface area contributed by atoms with Gasteiger partial charge in [0.2, 0.25) is 0 Å². The number of carbonyl (C=O) groups is 1. The first kappa shape index (κ1) is 16.5. The maximum Gasteiger partial charge on any atom is 0.405 e. The Hall–Kier alpha value is -2.97. The van der Waals surface area contributed by atoms with E-state index in [-0.39, 0.29) is 6.04 Å². The number of fused-ring (bicyclic) bond motifs is 1. The number of aliphatic imine (C=N–C) groups is 1. The summed E-state index contributed by atoms with van der Waals surface area (Å²) in [6.45, 7) is 0.661. The van der Waals surface area contributed by atoms with Crippen LogP contribution in [0.2, 0.25) is 0 Å². The molecule has 1 amide bonds. The molecular weight excluding hydrogens is 344 g/mol. The molecule has 0 spiro atoms. The smallest absolute Gasteiger partial charge is 0.405 e. The van der Waals surface area contributed by atoms with Crippen molar-refractivity contribution in [2.45, 2.75) is 31.1 Å². The van der Waals surface area contributed by atoms with Crippen molar-refractivity contribution in [3.63, 3.8) is 0 Å². The van der Waals surface area contributed by atoms with Gasteiger partial charge in [-0.1, -0.05) is 0 Å². The molecule has 0 aromatic heterocycles. The van der Waals surface area contributed by atoms with E-state index in [1.54, 1.807) is 17.3 Å². The Labute approximate surface area is 148 Å². The molecule has 0 saturated carbocycles. The van der Waals surface area contributed by atoms with Crippen molar-refractivity contribution >= 4 is 18.1 Å². The molecule has 0 aliphatic carbocycles. The quantitative estimate of drug-likeness (QED) is 0.847. The molecule has 9 heteroatoms. The van der Waals surface area contributed by atoms with Gasteiger partial charge in [0.1, 0.15) is 23.5 Å². The number of benzene rings is 1. The molecule has 26 heavy (non-hydrogen) atoms. The van der Waals surface area contributed by atoms with Crippen molar-refractivity contribution in [1.29, 1.82) is 0 Å². The standard InChI is InChI=1S/C17H17F2N5O2/c18-10-3-4-12(19)11(8-10)14-2-1-6-23(14)15-5-7-24-16(22-15)13(9-20-24)21-17(25)26/h3-5,7-9,13-14,16,21H,1-2,6H2,(H,25,26)/t13?,14-,16?/m1/s1. The number of halogens is 2. The van der Waals surface area contributed by atoms with E-state index in [0.717, 1.165) is 18.6 Å². The molecule has 0 radical (unpaired) electrons. The highest BCUT2D eigenvalue weighted by molar-refractivity contribution is 5.94. The van der Waals surface area contributed by atoms with E-state index in [4.69, 9.17) is 5.11 Å². The maximum absolute atomic E-state index is 14.2. The number of amidine groups is 1. The summed E-state index contributed by atoms with van der Waals surface area (Å²) in [5.41, 5.74) is 0.309. The van der Waals surface area contributed by atoms with Crippen LogP contribution in [0.25, 0.3) is 0 Å². The summed E-state index contributed by atoms with van der Waals surface area (Å²) < 4.78 is 27.8. The van der Waals surface area contributed by atoms with E-state index in [1.807, 2.05) is 4.90 Å². The fraction of sp³-hybridized carbons (Fsp3) is 0.353. The lowest BCUT2D eigenvalue weighted by Crippen LogP contribution is -2.46. The molecule has 3 aliphatic heterocycles. The zero-order valence-electron chi connectivity index (χ0n) is 13.7. The molecule has 0 bridgehead atoms. The normalized spacial score (nSPS) is 26.8. The summed E-state index contributed by atoms with van der Waals surface area (Å²) in [7, 11) is 0. The van der Waals surface area contributed by atoms with E-state index in [9.17, 15) is 13.6 Å². The molecule has 3 atom stereocenters. The summed E-state index contributed by atoms with van der Waals surface area (Å²) in [5, 5.41) is 17.0. The molecule has 2 unspecified atom stereocenters. The number of amides is 1. The highest BCUT2D eigenvalue weighted by atomic mass is 19.1. The van der Waals surface area contributed by atoms with Gasteiger partial charge in [-0.3, -0.25) is 0 Å². The van der Waals surface area contributed by atoms with Crippen LogP contribution in [0.5, 0.6) is 0 Å². The molecule has 1 fully saturated rings. The van der Waals surface area contributed by atoms with Gasteiger partial charge in [-0.05, 0) is 37.1 Å². The van der Waals surface area contributed by atoms with Gasteiger partial charge >= 0.3 is 6.09 Å². The molecule has 3 heterocycles. The van der Waals surface area contributed by atoms with Crippen LogP contribution in [-0.4, -0.2) is 51.9 Å². The number of hydrazone groups is 1. The summed E-state index contributed by atoms with van der Waals surface area (Å²) in [5.74, 6) is -0.310. The number of hydrogen-bond donors (Lipinski definition) is 2. The van der Waals surface area contributed by atoms with Crippen LogP contribution < -0.4 is 5.32 Å². The third-order valence-corrected chi connectivity index (χ3v) is 4.75. The van der Waals surface area contributed by atoms with Gasteiger partial charge in [0, 0.05) is 18.3 Å². The second-order valence-electron chi connectivity index (χ2n) is 6.35. The second kappa shape index (κ2) is 6.40. The number of nitrogens with one attached hydrogen (secondary N) is 1. The summed E-state index contributed by atoms with van der Waals surface area (Å²) in [4.78, 5) is 17.5. The van der Waals surface area contributed by atoms with Crippen LogP contribution in [-0.2, 0) is 0 Å². The molecule has 3 aliphatic rings. The molecule has 4 rings (SSSR count). The second-order valence-corrected chi connectivity index (χ2v) is 6.35. The Balaban J connectivity index is 1.61. The van der Waals surface area contributed by atoms with Crippen LogP contribution in [0.3, 0.4) is 0 Å². The first-order valence-electron chi connectivity index (χ1n) is 8.32. The topological polar surface area (TPSA) is 80.5 Å². The van der Waals surface area contributed by atoms with Crippen LogP contribution >= 0.6 is 0 Å². The molecule has 1 aromatic rings. The van der Waals surface area contributed by atoms with Crippen molar-refractivity contribution in [1.82, 2.24) is 15.2 Å². The highest BCUT2D eigenvalue weighted by Crippen LogP contribution is 2.35. The fourth-order valence-electron chi connectivity index (χ4n) is 3.60. The van der Waals surface area contributed by atoms with Crippen LogP contribution in [0.4, 0.5) is 13.6 Å². The van der Waals surface area contributed by atoms with Crippen molar-refractivity contribution in [2.24, 2.45) is 10.1 Å². The highest BCUT2D eigenvalue weighted by Gasteiger charge is 2.36. The van der Waals surface area contributed by atoms with Gasteiger partial charge in [0.05, 0.1) is 12.3 Å². The van der Waals surface area contributed by atoms with Crippen molar-refractivity contribution in [3.05, 3.63) is 47.7 Å². The lowest BCUT2D eigenvalue weighted by atomic mass is 10.0. The van der Waals surface area contributed by atoms with Gasteiger partial charge in [-0.25, -0.2) is 23.6 Å². The zero-order chi connectivity index (χ0) is 18.3. The average Bonchev–Trinajstić information content (AvgIpc) is 3.23. The number of nitrogens with zero attached hydrogens (tertiary/aromatic N) is 4. The van der Waals surface area contributed by atoms with Gasteiger partial charge in [0.25, 0.3) is 0 Å². The zero-order valence-corrected chi connectivity index (χ0v) is 13.7. The molecule has 2 N–H and O–H groups in total. The van der Waals surface area contributed by atoms with Gasteiger partial charge in [0.15, 0.2) is 6.17 Å². The Kier molecular flexibility index (Phi) is 4.06. The Morgan fingerprint density at radius 3 is 3.00 bits per heavy atom. The van der Waals surface area contributed by atoms with E-state index < -0.39 is 29.9 Å². The molecule has 1 saturated heterocycles. The van der Waals surface area contributed by atoms with Crippen molar-refractivity contribution in [2.75, 3.05) is 6.54 Å². The SMILES string of the molecule is O=C(O)NC1C=NN2C=CC(N3CCC[C@@H]3c3cc(F)ccc3F)=NC12. The largest absolute Gasteiger partial charge is 0.465 e. The first-order chi connectivity index (χ1) is 12.5. The van der Waals surface area contributed by atoms with E-state index >= 15 is 0 Å². The van der Waals surface area contributed by atoms with Crippen LogP contribution in [0, 0.1) is 11.6 Å². The monoisotopic (exact) mass is 361 g/mol. The summed E-state index contributed by atoms with van der Waals surface area (Å²) in [6.07, 6.45) is 4.80. The van der Waals surface area contributed by atoms with Gasteiger partial charge < -0.3 is 15.3 Å². The third kappa shape index (κ3) is 2.89. The predicted molar refractivity (Wildman–Crippen MR) is 90.7 cm³/mol. The lowest BCUT2D eigenvalue weighted by molar-refractivity contribution is 0.187. The molecule has 7 nitrogen and oxygen atoms in total. The van der Waals surface area contributed by atoms with E-state index in [2.05, 4.69) is 15.4 Å². The minimum Gasteiger partial charge on any atom is -0.465 e. The molecule has 136 valence electrons. The Morgan fingerprint density at radius 1 is 1.35 bits per heavy atom. The van der Waals surface area contributed by atoms with E-state index in [1.165, 1.54) is 12.3 Å². The third-order valence-electron chi connectivity index (χ3n) is 4.75. The van der Waals surface area contributed by atoms with Crippen molar-refractivity contribution < 1.29 is 18.7 Å². The lowest BCUT2D eigenvalue weighted by Gasteiger charge is -2.32. The Morgan fingerprint density at radius 2 is 2.19 bits per heavy atom. The maximum atomic E-state index is 14.2. The predicted octanol–water partition coefficient (Wildman–Crippen LogP) is 2.29. The fourth-order valence-corrected chi connectivity index (χ4v) is 3.60. The number of hydrogen-bond acceptors (Lipinski definition) is 5. The minimum absolute atomic E-state index is 0.309. The first-order valence-corrected chi connectivity index (χ1v) is 8.32. The average molecular weight is 361 g/mol. The Bertz CT molecular complexity index is 825. The van der Waals surface area contributed by atoms with Crippen molar-refractivity contribution in [3.8, 4) is 0 Å². The summed E-state index contributed by atoms with van der Waals surface area (Å²) >= 11 is 0. The summed E-state index contributed by atoms with van der Waals surface area (Å²) in [6, 6.07) is 2.59. The van der Waals surface area contributed by atoms with Crippen LogP contribution in [0.1, 0.15) is 24.4 Å². The van der Waals surface area contributed by atoms with E-state index in [0.29, 0.717) is 24.4 Å². The number of carboxylic acid groups (broad SMARTS) is 1. The molecule has 1 aromatic carbocycles. The number of likely N-dealkylation sites (tertiary alicyclic amines) is 1.